The Kier molecular flexibility index (Phi) is 6.00. The van der Waals surface area contributed by atoms with Crippen LogP contribution in [0.15, 0.2) is 48.5 Å². The molecule has 0 aliphatic carbocycles. The van der Waals surface area contributed by atoms with Gasteiger partial charge in [0.05, 0.1) is 6.42 Å². The number of halogens is 1. The number of carbonyl (C=O) groups excluding carboxylic acids is 2. The summed E-state index contributed by atoms with van der Waals surface area (Å²) < 4.78 is 0. The van der Waals surface area contributed by atoms with Crippen molar-refractivity contribution in [2.75, 3.05) is 16.0 Å². The van der Waals surface area contributed by atoms with Gasteiger partial charge >= 0.3 is 6.03 Å². The minimum Gasteiger partial charge on any atom is -0.325 e. The summed E-state index contributed by atoms with van der Waals surface area (Å²) in [4.78, 5) is 24.2. The number of hydrogen-bond donors (Lipinski definition) is 3. The molecule has 3 aromatic rings. The van der Waals surface area contributed by atoms with Crippen LogP contribution in [0.1, 0.15) is 10.6 Å². The zero-order valence-electron chi connectivity index (χ0n) is 14.3. The van der Waals surface area contributed by atoms with Crippen LogP contribution >= 0.6 is 22.9 Å². The highest BCUT2D eigenvalue weighted by atomic mass is 35.5. The lowest BCUT2D eigenvalue weighted by atomic mass is 10.2. The highest BCUT2D eigenvalue weighted by Gasteiger charge is 2.12. The maximum atomic E-state index is 12.2. The molecular weight excluding hydrogens is 386 g/mol. The van der Waals surface area contributed by atoms with E-state index in [9.17, 15) is 9.59 Å². The minimum atomic E-state index is -0.468. The van der Waals surface area contributed by atoms with Crippen LogP contribution in [-0.4, -0.2) is 22.1 Å². The number of nitrogens with zero attached hydrogens (tertiary/aromatic N) is 2. The molecule has 0 fully saturated rings. The lowest BCUT2D eigenvalue weighted by Crippen LogP contribution is -2.19. The van der Waals surface area contributed by atoms with Gasteiger partial charge in [-0.1, -0.05) is 47.2 Å². The highest BCUT2D eigenvalue weighted by molar-refractivity contribution is 7.15. The molecule has 2 aromatic carbocycles. The molecule has 0 aliphatic rings. The Morgan fingerprint density at radius 2 is 1.85 bits per heavy atom. The van der Waals surface area contributed by atoms with Gasteiger partial charge < -0.3 is 10.6 Å². The molecular formula is C18H16ClN5O2S. The molecule has 0 saturated heterocycles. The first kappa shape index (κ1) is 18.8. The smallest absolute Gasteiger partial charge is 0.325 e. The van der Waals surface area contributed by atoms with Gasteiger partial charge in [-0.05, 0) is 36.8 Å². The number of aromatic nitrogens is 2. The molecule has 7 nitrogen and oxygen atoms in total. The standard InChI is InChI=1S/C18H16ClN5O2S/c1-11-5-2-3-8-14(11)21-15(25)10-16-23-24-18(27-16)22-17(26)20-13-7-4-6-12(19)9-13/h2-9H,10H2,1H3,(H,21,25)(H2,20,22,24,26). The fourth-order valence-electron chi connectivity index (χ4n) is 2.25. The van der Waals surface area contributed by atoms with E-state index in [-0.39, 0.29) is 12.3 Å². The summed E-state index contributed by atoms with van der Waals surface area (Å²) in [6, 6.07) is 13.8. The van der Waals surface area contributed by atoms with Crippen LogP contribution in [0.3, 0.4) is 0 Å². The van der Waals surface area contributed by atoms with Gasteiger partial charge in [0.2, 0.25) is 11.0 Å². The Bertz CT molecular complexity index is 976. The van der Waals surface area contributed by atoms with E-state index in [1.165, 1.54) is 0 Å². The number of rotatable bonds is 5. The zero-order chi connectivity index (χ0) is 19.2. The normalized spacial score (nSPS) is 10.3. The molecule has 0 atom stereocenters. The number of benzene rings is 2. The molecule has 0 aliphatic heterocycles. The molecule has 27 heavy (non-hydrogen) atoms. The number of hydrogen-bond acceptors (Lipinski definition) is 5. The van der Waals surface area contributed by atoms with Crippen LogP contribution in [0.5, 0.6) is 0 Å². The monoisotopic (exact) mass is 401 g/mol. The van der Waals surface area contributed by atoms with E-state index in [0.29, 0.717) is 20.8 Å². The first-order valence-electron chi connectivity index (χ1n) is 8.01. The van der Waals surface area contributed by atoms with E-state index in [0.717, 1.165) is 22.6 Å². The summed E-state index contributed by atoms with van der Waals surface area (Å²) in [5, 5.41) is 17.2. The predicted octanol–water partition coefficient (Wildman–Crippen LogP) is 4.33. The van der Waals surface area contributed by atoms with Crippen molar-refractivity contribution in [1.82, 2.24) is 10.2 Å². The van der Waals surface area contributed by atoms with Gasteiger partial charge in [-0.25, -0.2) is 4.79 Å². The number of amides is 3. The van der Waals surface area contributed by atoms with Crippen molar-refractivity contribution >= 4 is 51.4 Å². The van der Waals surface area contributed by atoms with E-state index in [4.69, 9.17) is 11.6 Å². The molecule has 0 saturated carbocycles. The zero-order valence-corrected chi connectivity index (χ0v) is 15.9. The SMILES string of the molecule is Cc1ccccc1NC(=O)Cc1nnc(NC(=O)Nc2cccc(Cl)c2)s1. The quantitative estimate of drug-likeness (QED) is 0.593. The van der Waals surface area contributed by atoms with Crippen LogP contribution in [0.25, 0.3) is 0 Å². The predicted molar refractivity (Wildman–Crippen MR) is 108 cm³/mol. The Balaban J connectivity index is 1.54. The van der Waals surface area contributed by atoms with Gasteiger partial charge in [0.25, 0.3) is 0 Å². The fourth-order valence-corrected chi connectivity index (χ4v) is 3.17. The number of aryl methyl sites for hydroxylation is 1. The van der Waals surface area contributed by atoms with Gasteiger partial charge in [-0.3, -0.25) is 10.1 Å². The molecule has 0 radical (unpaired) electrons. The molecule has 0 spiro atoms. The van der Waals surface area contributed by atoms with Crippen molar-refractivity contribution in [1.29, 1.82) is 0 Å². The topological polar surface area (TPSA) is 96.0 Å². The van der Waals surface area contributed by atoms with E-state index in [1.807, 2.05) is 31.2 Å². The lowest BCUT2D eigenvalue weighted by Gasteiger charge is -2.06. The summed E-state index contributed by atoms with van der Waals surface area (Å²) in [5.41, 5.74) is 2.29. The van der Waals surface area contributed by atoms with E-state index < -0.39 is 6.03 Å². The van der Waals surface area contributed by atoms with E-state index in [2.05, 4.69) is 26.1 Å². The van der Waals surface area contributed by atoms with Crippen molar-refractivity contribution < 1.29 is 9.59 Å². The number of para-hydroxylation sites is 1. The molecule has 138 valence electrons. The molecule has 0 unspecified atom stereocenters. The van der Waals surface area contributed by atoms with E-state index >= 15 is 0 Å². The van der Waals surface area contributed by atoms with Gasteiger partial charge in [0.1, 0.15) is 5.01 Å². The second kappa shape index (κ2) is 8.61. The van der Waals surface area contributed by atoms with E-state index in [1.54, 1.807) is 24.3 Å². The summed E-state index contributed by atoms with van der Waals surface area (Å²) in [6.45, 7) is 1.92. The Morgan fingerprint density at radius 1 is 1.04 bits per heavy atom. The summed E-state index contributed by atoms with van der Waals surface area (Å²) in [5.74, 6) is -0.199. The van der Waals surface area contributed by atoms with Crippen molar-refractivity contribution in [2.24, 2.45) is 0 Å². The first-order valence-corrected chi connectivity index (χ1v) is 9.20. The summed E-state index contributed by atoms with van der Waals surface area (Å²) in [6.07, 6.45) is 0.0730. The molecule has 3 N–H and O–H groups in total. The number of anilines is 3. The maximum Gasteiger partial charge on any atom is 0.325 e. The average molecular weight is 402 g/mol. The van der Waals surface area contributed by atoms with Gasteiger partial charge in [-0.15, -0.1) is 10.2 Å². The van der Waals surface area contributed by atoms with Crippen molar-refractivity contribution in [3.8, 4) is 0 Å². The fraction of sp³-hybridized carbons (Fsp3) is 0.111. The van der Waals surface area contributed by atoms with Crippen molar-refractivity contribution in [3.05, 3.63) is 64.1 Å². The Labute approximate surface area is 164 Å². The first-order chi connectivity index (χ1) is 13.0. The van der Waals surface area contributed by atoms with Gasteiger partial charge in [0, 0.05) is 16.4 Å². The average Bonchev–Trinajstić information content (AvgIpc) is 3.03. The number of carbonyl (C=O) groups is 2. The molecule has 9 heteroatoms. The third kappa shape index (κ3) is 5.50. The van der Waals surface area contributed by atoms with Crippen LogP contribution in [-0.2, 0) is 11.2 Å². The summed E-state index contributed by atoms with van der Waals surface area (Å²) >= 11 is 7.02. The van der Waals surface area contributed by atoms with Crippen LogP contribution in [0.2, 0.25) is 5.02 Å². The third-order valence-corrected chi connectivity index (χ3v) is 4.57. The molecule has 3 amide bonds. The van der Waals surface area contributed by atoms with Gasteiger partial charge in [0.15, 0.2) is 0 Å². The number of urea groups is 1. The molecule has 1 heterocycles. The number of nitrogens with one attached hydrogen (secondary N) is 3. The van der Waals surface area contributed by atoms with Gasteiger partial charge in [-0.2, -0.15) is 0 Å². The lowest BCUT2D eigenvalue weighted by molar-refractivity contribution is -0.115. The molecule has 1 aromatic heterocycles. The second-order valence-electron chi connectivity index (χ2n) is 5.63. The van der Waals surface area contributed by atoms with Crippen molar-refractivity contribution in [2.45, 2.75) is 13.3 Å². The van der Waals surface area contributed by atoms with Crippen molar-refractivity contribution in [3.63, 3.8) is 0 Å². The molecule has 0 bridgehead atoms. The Morgan fingerprint density at radius 3 is 2.63 bits per heavy atom. The molecule has 3 rings (SSSR count). The highest BCUT2D eigenvalue weighted by Crippen LogP contribution is 2.19. The van der Waals surface area contributed by atoms with Crippen LogP contribution in [0.4, 0.5) is 21.3 Å². The minimum absolute atomic E-state index is 0.0730. The van der Waals surface area contributed by atoms with Crippen LogP contribution < -0.4 is 16.0 Å². The maximum absolute atomic E-state index is 12.2. The van der Waals surface area contributed by atoms with Crippen LogP contribution in [0, 0.1) is 6.92 Å². The summed E-state index contributed by atoms with van der Waals surface area (Å²) in [7, 11) is 0. The Hall–Kier alpha value is -2.97. The third-order valence-electron chi connectivity index (χ3n) is 3.50. The second-order valence-corrected chi connectivity index (χ2v) is 7.13. The largest absolute Gasteiger partial charge is 0.325 e.